The minimum Gasteiger partial charge on any atom is -0.497 e. The number of benzene rings is 3. The van der Waals surface area contributed by atoms with Crippen LogP contribution in [0.1, 0.15) is 69.9 Å². The zero-order valence-corrected chi connectivity index (χ0v) is 37.5. The third-order valence-electron chi connectivity index (χ3n) is 12.0. The predicted molar refractivity (Wildman–Crippen MR) is 243 cm³/mol. The summed E-state index contributed by atoms with van der Waals surface area (Å²) in [6.45, 7) is 3.99. The van der Waals surface area contributed by atoms with Gasteiger partial charge in [0.25, 0.3) is 0 Å². The number of carbonyl (C=O) groups is 2. The van der Waals surface area contributed by atoms with Gasteiger partial charge in [0.1, 0.15) is 40.7 Å². The van der Waals surface area contributed by atoms with E-state index in [0.717, 1.165) is 30.1 Å². The quantitative estimate of drug-likeness (QED) is 0.0744. The molecular weight excluding hydrogens is 865 g/mol. The van der Waals surface area contributed by atoms with Crippen LogP contribution in [0.5, 0.6) is 11.5 Å². The number of hydrogen-bond acceptors (Lipinski definition) is 10. The summed E-state index contributed by atoms with van der Waals surface area (Å²) in [4.78, 5) is 52.8. The van der Waals surface area contributed by atoms with E-state index in [-0.39, 0.29) is 43.7 Å². The van der Waals surface area contributed by atoms with Crippen molar-refractivity contribution in [1.29, 1.82) is 0 Å². The molecule has 3 aliphatic rings. The number of rotatable bonds is 11. The Morgan fingerprint density at radius 1 is 1.02 bits per heavy atom. The SMILES string of the molecule is COc1ccc2c(O[C@@H]3C[C@H]4C(=O)N[C@]5(P(=O)(O)Cc6ccccc6)C[C@@H]5/C=C\CCCCC[C@H](Nc5cccc(C(F)(F)F)c5)C(=O)N4C3)cc(-c3csc(NC(C)C)n3)nc2c1. The van der Waals surface area contributed by atoms with Gasteiger partial charge in [0.2, 0.25) is 19.2 Å². The Labute approximate surface area is 374 Å². The molecule has 2 fully saturated rings. The summed E-state index contributed by atoms with van der Waals surface area (Å²) in [5.74, 6) is -0.503. The number of ether oxygens (including phenoxy) is 2. The number of amides is 2. The number of aromatic nitrogens is 2. The lowest BCUT2D eigenvalue weighted by atomic mass is 10.0. The maximum Gasteiger partial charge on any atom is 0.416 e. The maximum atomic E-state index is 15.0. The summed E-state index contributed by atoms with van der Waals surface area (Å²) in [7, 11) is -2.56. The van der Waals surface area contributed by atoms with Crippen LogP contribution >= 0.6 is 18.7 Å². The molecule has 2 amide bonds. The topological polar surface area (TPSA) is 155 Å². The molecule has 2 aromatic heterocycles. The lowest BCUT2D eigenvalue weighted by molar-refractivity contribution is -0.139. The van der Waals surface area contributed by atoms with Crippen LogP contribution in [0.25, 0.3) is 22.3 Å². The molecule has 1 aliphatic carbocycles. The molecule has 1 saturated carbocycles. The van der Waals surface area contributed by atoms with Crippen LogP contribution in [0.4, 0.5) is 24.0 Å². The van der Waals surface area contributed by atoms with Crippen molar-refractivity contribution in [2.45, 2.75) is 101 Å². The van der Waals surface area contributed by atoms with Gasteiger partial charge in [0, 0.05) is 47.0 Å². The zero-order chi connectivity index (χ0) is 45.2. The zero-order valence-electron chi connectivity index (χ0n) is 35.8. The molecule has 0 radical (unpaired) electrons. The normalized spacial score (nSPS) is 24.4. The molecule has 5 aromatic rings. The fourth-order valence-corrected chi connectivity index (χ4v) is 11.9. The van der Waals surface area contributed by atoms with E-state index in [1.54, 1.807) is 49.6 Å². The van der Waals surface area contributed by atoms with Crippen LogP contribution in [-0.4, -0.2) is 74.7 Å². The molecule has 17 heteroatoms. The Morgan fingerprint density at radius 2 is 1.83 bits per heavy atom. The molecule has 1 unspecified atom stereocenters. The van der Waals surface area contributed by atoms with Gasteiger partial charge in [-0.3, -0.25) is 14.2 Å². The van der Waals surface area contributed by atoms with E-state index in [0.29, 0.717) is 52.2 Å². The molecule has 3 aromatic carbocycles. The maximum absolute atomic E-state index is 15.0. The molecule has 4 heterocycles. The number of anilines is 2. The van der Waals surface area contributed by atoms with Crippen molar-refractivity contribution in [2.24, 2.45) is 5.92 Å². The second kappa shape index (κ2) is 18.6. The summed E-state index contributed by atoms with van der Waals surface area (Å²) < 4.78 is 68.3. The van der Waals surface area contributed by atoms with Crippen LogP contribution in [-0.2, 0) is 26.5 Å². The van der Waals surface area contributed by atoms with E-state index in [1.165, 1.54) is 28.4 Å². The number of nitrogens with one attached hydrogen (secondary N) is 3. The summed E-state index contributed by atoms with van der Waals surface area (Å²) in [5.41, 5.74) is 1.62. The lowest BCUT2D eigenvalue weighted by Crippen LogP contribution is -2.53. The third kappa shape index (κ3) is 9.94. The first-order chi connectivity index (χ1) is 30.6. The number of fused-ring (bicyclic) bond motifs is 3. The van der Waals surface area contributed by atoms with Crippen molar-refractivity contribution in [3.63, 3.8) is 0 Å². The van der Waals surface area contributed by atoms with E-state index in [1.807, 2.05) is 43.5 Å². The summed E-state index contributed by atoms with van der Waals surface area (Å²) >= 11 is 1.44. The van der Waals surface area contributed by atoms with E-state index in [9.17, 15) is 32.2 Å². The number of pyridine rings is 1. The van der Waals surface area contributed by atoms with Gasteiger partial charge in [0.05, 0.1) is 36.6 Å². The Kier molecular flexibility index (Phi) is 13.1. The molecule has 338 valence electrons. The molecule has 0 bridgehead atoms. The average molecular weight is 917 g/mol. The van der Waals surface area contributed by atoms with Crippen molar-refractivity contribution < 1.29 is 41.7 Å². The van der Waals surface area contributed by atoms with E-state index in [2.05, 4.69) is 16.0 Å². The van der Waals surface area contributed by atoms with Crippen LogP contribution < -0.4 is 25.4 Å². The number of thiazole rings is 1. The summed E-state index contributed by atoms with van der Waals surface area (Å²) in [5, 5.41) is 11.2. The lowest BCUT2D eigenvalue weighted by Gasteiger charge is -2.31. The second-order valence-electron chi connectivity index (χ2n) is 17.1. The van der Waals surface area contributed by atoms with Gasteiger partial charge in [-0.1, -0.05) is 61.4 Å². The summed E-state index contributed by atoms with van der Waals surface area (Å²) in [6, 6.07) is 18.9. The average Bonchev–Trinajstić information content (AvgIpc) is 3.53. The van der Waals surface area contributed by atoms with Gasteiger partial charge < -0.3 is 35.2 Å². The molecule has 12 nitrogen and oxygen atoms in total. The monoisotopic (exact) mass is 916 g/mol. The standard InChI is InChI=1S/C47H52F3N6O6PS/c1-29(2)51-45-54-40(28-64-45)39-24-42(36-20-19-34(61-3)22-38(36)53-39)62-35-23-41-43(57)55-46(63(59,60)27-30-13-8-7-9-14-30)25-32(46)15-10-5-4-6-11-18-37(44(58)56(41)26-35)52-33-17-12-16-31(21-33)47(48,49)50/h7-10,12-17,19-22,24,28-29,32,35,37,41,52H,4-6,11,18,23,25-27H2,1-3H3,(H,51,54)(H,55,57)(H,59,60)/b15-10-/t32-,35+,37-,41-,46-/m0/s1. The first-order valence-corrected chi connectivity index (χ1v) is 24.3. The Hall–Kier alpha value is -5.44. The largest absolute Gasteiger partial charge is 0.497 e. The highest BCUT2D eigenvalue weighted by Gasteiger charge is 2.66. The first-order valence-electron chi connectivity index (χ1n) is 21.6. The molecule has 2 aliphatic heterocycles. The van der Waals surface area contributed by atoms with Gasteiger partial charge in [-0.2, -0.15) is 13.2 Å². The van der Waals surface area contributed by atoms with Crippen molar-refractivity contribution >= 4 is 52.2 Å². The minimum absolute atomic E-state index is 0.0211. The molecule has 0 spiro atoms. The smallest absolute Gasteiger partial charge is 0.416 e. The van der Waals surface area contributed by atoms with Gasteiger partial charge in [-0.15, -0.1) is 11.3 Å². The van der Waals surface area contributed by atoms with Gasteiger partial charge in [-0.25, -0.2) is 9.97 Å². The number of hydrogen-bond donors (Lipinski definition) is 4. The van der Waals surface area contributed by atoms with Gasteiger partial charge in [-0.05, 0) is 75.4 Å². The van der Waals surface area contributed by atoms with Crippen molar-refractivity contribution in [2.75, 3.05) is 24.3 Å². The van der Waals surface area contributed by atoms with Crippen LogP contribution in [0.2, 0.25) is 0 Å². The van der Waals surface area contributed by atoms with E-state index in [4.69, 9.17) is 19.4 Å². The predicted octanol–water partition coefficient (Wildman–Crippen LogP) is 9.86. The first kappa shape index (κ1) is 45.1. The van der Waals surface area contributed by atoms with Crippen LogP contribution in [0, 0.1) is 5.92 Å². The van der Waals surface area contributed by atoms with E-state index < -0.39 is 60.3 Å². The molecule has 6 atom stereocenters. The van der Waals surface area contributed by atoms with Crippen molar-refractivity contribution in [3.8, 4) is 22.9 Å². The number of carbonyl (C=O) groups excluding carboxylic acids is 2. The number of halogens is 3. The molecular formula is C47H52F3N6O6PS. The van der Waals surface area contributed by atoms with Crippen LogP contribution in [0.3, 0.4) is 0 Å². The number of allylic oxidation sites excluding steroid dienone is 1. The number of methoxy groups -OCH3 is 1. The molecule has 1 saturated heterocycles. The van der Waals surface area contributed by atoms with Crippen LogP contribution in [0.15, 0.2) is 96.4 Å². The third-order valence-corrected chi connectivity index (χ3v) is 15.5. The van der Waals surface area contributed by atoms with Crippen molar-refractivity contribution in [1.82, 2.24) is 20.2 Å². The fourth-order valence-electron chi connectivity index (χ4n) is 8.69. The van der Waals surface area contributed by atoms with E-state index >= 15 is 0 Å². The molecule has 4 N–H and O–H groups in total. The summed E-state index contributed by atoms with van der Waals surface area (Å²) in [6.07, 6.45) is 1.69. The highest BCUT2D eigenvalue weighted by Crippen LogP contribution is 2.71. The minimum atomic E-state index is -4.60. The highest BCUT2D eigenvalue weighted by atomic mass is 32.1. The highest BCUT2D eigenvalue weighted by molar-refractivity contribution is 7.59. The van der Waals surface area contributed by atoms with Gasteiger partial charge in [0.15, 0.2) is 5.13 Å². The molecule has 8 rings (SSSR count). The molecule has 64 heavy (non-hydrogen) atoms. The van der Waals surface area contributed by atoms with Gasteiger partial charge >= 0.3 is 6.18 Å². The number of nitrogens with zero attached hydrogens (tertiary/aromatic N) is 3. The second-order valence-corrected chi connectivity index (χ2v) is 20.5. The number of alkyl halides is 3. The van der Waals surface area contributed by atoms with Crippen molar-refractivity contribution in [3.05, 3.63) is 108 Å². The Balaban J connectivity index is 1.16. The fraction of sp³-hybridized carbons (Fsp3) is 0.404. The Morgan fingerprint density at radius 3 is 2.59 bits per heavy atom. The Bertz CT molecular complexity index is 2570.